The molecule has 0 saturated carbocycles. The summed E-state index contributed by atoms with van der Waals surface area (Å²) in [5.41, 5.74) is -1.44. The molecule has 1 saturated heterocycles. The molecule has 0 bridgehead atoms. The Labute approximate surface area is 119 Å². The number of amides is 3. The zero-order valence-corrected chi connectivity index (χ0v) is 11.6. The minimum absolute atomic E-state index is 0.0183. The highest BCUT2D eigenvalue weighted by Gasteiger charge is 2.40. The lowest BCUT2D eigenvalue weighted by molar-refractivity contribution is -0.137. The molecule has 0 radical (unpaired) electrons. The number of rotatable bonds is 2. The van der Waals surface area contributed by atoms with Gasteiger partial charge in [-0.3, -0.25) is 4.79 Å². The number of urea groups is 1. The number of nitrogens with zero attached hydrogens (tertiary/aromatic N) is 1. The van der Waals surface area contributed by atoms with Crippen molar-refractivity contribution in [2.24, 2.45) is 5.92 Å². The number of para-hydroxylation sites is 1. The molecule has 0 aliphatic carbocycles. The molecule has 1 N–H and O–H groups in total. The number of carbonyl (C=O) groups is 2. The molecule has 114 valence electrons. The Kier molecular flexibility index (Phi) is 3.93. The number of benzene rings is 1. The minimum Gasteiger partial charge on any atom is -0.334 e. The van der Waals surface area contributed by atoms with Crippen molar-refractivity contribution < 1.29 is 22.8 Å². The number of imide groups is 1. The summed E-state index contributed by atoms with van der Waals surface area (Å²) >= 11 is 0. The molecule has 1 aromatic rings. The molecule has 0 aromatic heterocycles. The van der Waals surface area contributed by atoms with E-state index in [2.05, 4.69) is 5.32 Å². The van der Waals surface area contributed by atoms with Gasteiger partial charge in [0.15, 0.2) is 0 Å². The molecular weight excluding hydrogens is 285 g/mol. The van der Waals surface area contributed by atoms with Crippen LogP contribution in [-0.2, 0) is 11.0 Å². The van der Waals surface area contributed by atoms with Gasteiger partial charge in [-0.05, 0) is 18.1 Å². The fraction of sp³-hybridized carbons (Fsp3) is 0.429. The van der Waals surface area contributed by atoms with Gasteiger partial charge in [0.2, 0.25) is 5.91 Å². The highest BCUT2D eigenvalue weighted by Crippen LogP contribution is 2.37. The quantitative estimate of drug-likeness (QED) is 0.912. The predicted molar refractivity (Wildman–Crippen MR) is 70.7 cm³/mol. The molecule has 2 rings (SSSR count). The lowest BCUT2D eigenvalue weighted by atomic mass is 9.98. The second-order valence-electron chi connectivity index (χ2n) is 5.25. The largest absolute Gasteiger partial charge is 0.418 e. The molecule has 21 heavy (non-hydrogen) atoms. The number of anilines is 1. The number of nitrogens with one attached hydrogen (secondary N) is 1. The van der Waals surface area contributed by atoms with Gasteiger partial charge in [0.25, 0.3) is 0 Å². The molecule has 1 fully saturated rings. The summed E-state index contributed by atoms with van der Waals surface area (Å²) in [7, 11) is 0. The highest BCUT2D eigenvalue weighted by atomic mass is 19.4. The van der Waals surface area contributed by atoms with Crippen molar-refractivity contribution >= 4 is 17.6 Å². The van der Waals surface area contributed by atoms with Crippen LogP contribution in [0.15, 0.2) is 24.3 Å². The van der Waals surface area contributed by atoms with Crippen molar-refractivity contribution in [3.8, 4) is 0 Å². The van der Waals surface area contributed by atoms with Gasteiger partial charge in [-0.15, -0.1) is 0 Å². The molecule has 1 heterocycles. The maximum absolute atomic E-state index is 13.0. The van der Waals surface area contributed by atoms with Gasteiger partial charge in [-0.2, -0.15) is 13.2 Å². The summed E-state index contributed by atoms with van der Waals surface area (Å²) in [6.45, 7) is 3.66. The normalized spacial score (nSPS) is 19.9. The van der Waals surface area contributed by atoms with Crippen LogP contribution in [0.1, 0.15) is 25.8 Å². The van der Waals surface area contributed by atoms with Crippen LogP contribution in [0.5, 0.6) is 0 Å². The van der Waals surface area contributed by atoms with Crippen molar-refractivity contribution in [2.75, 3.05) is 4.90 Å². The maximum atomic E-state index is 13.0. The zero-order chi connectivity index (χ0) is 15.8. The van der Waals surface area contributed by atoms with E-state index in [0.29, 0.717) is 4.90 Å². The van der Waals surface area contributed by atoms with Crippen LogP contribution < -0.4 is 10.2 Å². The van der Waals surface area contributed by atoms with Gasteiger partial charge >= 0.3 is 12.2 Å². The monoisotopic (exact) mass is 300 g/mol. The summed E-state index contributed by atoms with van der Waals surface area (Å²) in [4.78, 5) is 24.7. The first-order chi connectivity index (χ1) is 9.71. The Morgan fingerprint density at radius 3 is 2.38 bits per heavy atom. The number of hydrogen-bond acceptors (Lipinski definition) is 2. The third kappa shape index (κ3) is 3.01. The molecule has 4 nitrogen and oxygen atoms in total. The molecule has 1 aliphatic rings. The van der Waals surface area contributed by atoms with Gasteiger partial charge in [0.05, 0.1) is 11.3 Å². The third-order valence-electron chi connectivity index (χ3n) is 3.41. The average molecular weight is 300 g/mol. The smallest absolute Gasteiger partial charge is 0.334 e. The Morgan fingerprint density at radius 1 is 1.24 bits per heavy atom. The van der Waals surface area contributed by atoms with Gasteiger partial charge < -0.3 is 5.32 Å². The van der Waals surface area contributed by atoms with Crippen LogP contribution in [-0.4, -0.2) is 18.0 Å². The van der Waals surface area contributed by atoms with Crippen molar-refractivity contribution in [3.05, 3.63) is 29.8 Å². The lowest BCUT2D eigenvalue weighted by Gasteiger charge is -2.34. The van der Waals surface area contributed by atoms with Crippen LogP contribution in [0.2, 0.25) is 0 Å². The second-order valence-corrected chi connectivity index (χ2v) is 5.25. The Balaban J connectivity index is 2.40. The summed E-state index contributed by atoms with van der Waals surface area (Å²) in [5.74, 6) is -0.605. The average Bonchev–Trinajstić information content (AvgIpc) is 2.37. The fourth-order valence-corrected chi connectivity index (χ4v) is 2.22. The van der Waals surface area contributed by atoms with Crippen LogP contribution in [0.4, 0.5) is 23.7 Å². The second kappa shape index (κ2) is 5.38. The van der Waals surface area contributed by atoms with Crippen LogP contribution >= 0.6 is 0 Å². The summed E-state index contributed by atoms with van der Waals surface area (Å²) in [6, 6.07) is 3.37. The molecule has 1 unspecified atom stereocenters. The van der Waals surface area contributed by atoms with Crippen molar-refractivity contribution in [1.29, 1.82) is 0 Å². The van der Waals surface area contributed by atoms with E-state index in [1.807, 2.05) is 13.8 Å². The van der Waals surface area contributed by atoms with E-state index in [1.54, 1.807) is 0 Å². The van der Waals surface area contributed by atoms with Crippen LogP contribution in [0.25, 0.3) is 0 Å². The number of halogens is 3. The van der Waals surface area contributed by atoms with E-state index in [-0.39, 0.29) is 18.4 Å². The van der Waals surface area contributed by atoms with Crippen molar-refractivity contribution in [1.82, 2.24) is 5.32 Å². The van der Waals surface area contributed by atoms with E-state index < -0.39 is 29.4 Å². The molecule has 1 atom stereocenters. The topological polar surface area (TPSA) is 49.4 Å². The van der Waals surface area contributed by atoms with Gasteiger partial charge in [0.1, 0.15) is 0 Å². The molecular formula is C14H15F3N2O2. The van der Waals surface area contributed by atoms with E-state index in [9.17, 15) is 22.8 Å². The first kappa shape index (κ1) is 15.3. The first-order valence-electron chi connectivity index (χ1n) is 6.51. The summed E-state index contributed by atoms with van der Waals surface area (Å²) < 4.78 is 39.0. The highest BCUT2D eigenvalue weighted by molar-refractivity contribution is 6.16. The Bertz CT molecular complexity index is 552. The Morgan fingerprint density at radius 2 is 1.86 bits per heavy atom. The van der Waals surface area contributed by atoms with Gasteiger partial charge in [-0.1, -0.05) is 26.0 Å². The molecule has 1 aromatic carbocycles. The SMILES string of the molecule is CC(C)C1CC(=O)N(c2ccccc2C(F)(F)F)C(=O)N1. The molecule has 3 amide bonds. The van der Waals surface area contributed by atoms with Crippen molar-refractivity contribution in [3.63, 3.8) is 0 Å². The standard InChI is InChI=1S/C14H15F3N2O2/c1-8(2)10-7-12(20)19(13(21)18-10)11-6-4-3-5-9(11)14(15,16)17/h3-6,8,10H,7H2,1-2H3,(H,18,21). The molecule has 1 aliphatic heterocycles. The van der Waals surface area contributed by atoms with E-state index >= 15 is 0 Å². The van der Waals surface area contributed by atoms with E-state index in [4.69, 9.17) is 0 Å². The molecule has 0 spiro atoms. The molecule has 7 heteroatoms. The number of alkyl halides is 3. The van der Waals surface area contributed by atoms with E-state index in [1.165, 1.54) is 12.1 Å². The summed E-state index contributed by atoms with van der Waals surface area (Å²) in [5, 5.41) is 2.57. The number of hydrogen-bond donors (Lipinski definition) is 1. The fourth-order valence-electron chi connectivity index (χ4n) is 2.22. The first-order valence-corrected chi connectivity index (χ1v) is 6.51. The third-order valence-corrected chi connectivity index (χ3v) is 3.41. The zero-order valence-electron chi connectivity index (χ0n) is 11.6. The Hall–Kier alpha value is -2.05. The van der Waals surface area contributed by atoms with Gasteiger partial charge in [0, 0.05) is 12.5 Å². The summed E-state index contributed by atoms with van der Waals surface area (Å²) in [6.07, 6.45) is -4.65. The number of carbonyl (C=O) groups excluding carboxylic acids is 2. The lowest BCUT2D eigenvalue weighted by Crippen LogP contribution is -2.56. The predicted octanol–water partition coefficient (Wildman–Crippen LogP) is 3.18. The maximum Gasteiger partial charge on any atom is 0.418 e. The van der Waals surface area contributed by atoms with E-state index in [0.717, 1.165) is 12.1 Å². The van der Waals surface area contributed by atoms with Crippen molar-refractivity contribution in [2.45, 2.75) is 32.5 Å². The van der Waals surface area contributed by atoms with Crippen LogP contribution in [0.3, 0.4) is 0 Å². The van der Waals surface area contributed by atoms with Crippen LogP contribution in [0, 0.1) is 5.92 Å². The minimum atomic E-state index is -4.63. The van der Waals surface area contributed by atoms with Gasteiger partial charge in [-0.25, -0.2) is 9.69 Å².